The first-order chi connectivity index (χ1) is 9.70. The van der Waals surface area contributed by atoms with Gasteiger partial charge in [0.25, 0.3) is 0 Å². The van der Waals surface area contributed by atoms with E-state index in [1.807, 2.05) is 23.2 Å². The summed E-state index contributed by atoms with van der Waals surface area (Å²) in [6.07, 6.45) is 5.07. The Bertz CT molecular complexity index is 685. The normalized spacial score (nSPS) is 15.3. The van der Waals surface area contributed by atoms with E-state index in [1.54, 1.807) is 14.0 Å². The van der Waals surface area contributed by atoms with Gasteiger partial charge in [-0.1, -0.05) is 18.2 Å². The lowest BCUT2D eigenvalue weighted by molar-refractivity contribution is -0.128. The third-order valence-corrected chi connectivity index (χ3v) is 3.90. The van der Waals surface area contributed by atoms with Gasteiger partial charge in [-0.15, -0.1) is 0 Å². The molecule has 0 saturated carbocycles. The van der Waals surface area contributed by atoms with Crippen molar-refractivity contribution >= 4 is 22.4 Å². The van der Waals surface area contributed by atoms with Crippen molar-refractivity contribution in [2.24, 2.45) is 0 Å². The molecular formula is C16H18N2O2. The molecule has 0 fully saturated rings. The molecule has 1 amide bonds. The van der Waals surface area contributed by atoms with Crippen molar-refractivity contribution in [3.63, 3.8) is 0 Å². The molecule has 20 heavy (non-hydrogen) atoms. The average Bonchev–Trinajstić information content (AvgIpc) is 2.91. The van der Waals surface area contributed by atoms with Gasteiger partial charge < -0.3 is 14.6 Å². The molecule has 0 spiro atoms. The molecule has 0 bridgehead atoms. The molecule has 0 atom stereocenters. The summed E-state index contributed by atoms with van der Waals surface area (Å²) in [4.78, 5) is 16.5. The predicted molar refractivity (Wildman–Crippen MR) is 79.7 cm³/mol. The molecule has 4 nitrogen and oxygen atoms in total. The minimum Gasteiger partial charge on any atom is -0.495 e. The van der Waals surface area contributed by atoms with Crippen molar-refractivity contribution in [2.75, 3.05) is 20.2 Å². The van der Waals surface area contributed by atoms with Gasteiger partial charge in [0.1, 0.15) is 5.75 Å². The number of carbonyl (C=O) groups is 1. The topological polar surface area (TPSA) is 45.3 Å². The number of ether oxygens (including phenoxy) is 1. The molecule has 1 aromatic heterocycles. The Balaban J connectivity index is 1.98. The van der Waals surface area contributed by atoms with E-state index in [9.17, 15) is 4.79 Å². The van der Waals surface area contributed by atoms with Crippen LogP contribution in [-0.4, -0.2) is 36.0 Å². The van der Waals surface area contributed by atoms with E-state index in [2.05, 4.69) is 17.1 Å². The highest BCUT2D eigenvalue weighted by Gasteiger charge is 2.17. The number of aromatic nitrogens is 1. The van der Waals surface area contributed by atoms with Gasteiger partial charge in [-0.05, 0) is 18.1 Å². The molecule has 0 aliphatic carbocycles. The first-order valence-electron chi connectivity index (χ1n) is 6.79. The Morgan fingerprint density at radius 3 is 2.90 bits per heavy atom. The lowest BCUT2D eigenvalue weighted by atomic mass is 9.99. The minimum absolute atomic E-state index is 0.140. The number of nitrogens with one attached hydrogen (secondary N) is 1. The third kappa shape index (κ3) is 2.07. The number of H-pyrrole nitrogens is 1. The summed E-state index contributed by atoms with van der Waals surface area (Å²) in [5, 5.41) is 1.17. The number of para-hydroxylation sites is 1. The van der Waals surface area contributed by atoms with Crippen molar-refractivity contribution in [2.45, 2.75) is 13.3 Å². The first-order valence-corrected chi connectivity index (χ1v) is 6.79. The van der Waals surface area contributed by atoms with E-state index in [0.717, 1.165) is 24.2 Å². The van der Waals surface area contributed by atoms with Gasteiger partial charge in [0.15, 0.2) is 0 Å². The number of nitrogens with zero attached hydrogens (tertiary/aromatic N) is 1. The van der Waals surface area contributed by atoms with E-state index in [1.165, 1.54) is 16.5 Å². The molecule has 1 N–H and O–H groups in total. The second-order valence-electron chi connectivity index (χ2n) is 5.03. The predicted octanol–water partition coefficient (Wildman–Crippen LogP) is 2.81. The molecule has 2 heterocycles. The summed E-state index contributed by atoms with van der Waals surface area (Å²) in [5.41, 5.74) is 3.53. The summed E-state index contributed by atoms with van der Waals surface area (Å²) in [5.74, 6) is 0.997. The Labute approximate surface area is 118 Å². The summed E-state index contributed by atoms with van der Waals surface area (Å²) in [7, 11) is 1.68. The number of amides is 1. The van der Waals surface area contributed by atoms with E-state index < -0.39 is 0 Å². The van der Waals surface area contributed by atoms with Gasteiger partial charge >= 0.3 is 0 Å². The van der Waals surface area contributed by atoms with Crippen LogP contribution in [0, 0.1) is 0 Å². The highest BCUT2D eigenvalue weighted by molar-refractivity contribution is 5.96. The van der Waals surface area contributed by atoms with Crippen LogP contribution < -0.4 is 4.74 Å². The fraction of sp³-hybridized carbons (Fsp3) is 0.312. The van der Waals surface area contributed by atoms with Gasteiger partial charge in [-0.25, -0.2) is 0 Å². The quantitative estimate of drug-likeness (QED) is 0.912. The Morgan fingerprint density at radius 2 is 2.25 bits per heavy atom. The van der Waals surface area contributed by atoms with Crippen LogP contribution in [0.25, 0.3) is 16.5 Å². The number of carbonyl (C=O) groups excluding carboxylic acids is 1. The molecule has 3 rings (SSSR count). The highest BCUT2D eigenvalue weighted by Crippen LogP contribution is 2.33. The van der Waals surface area contributed by atoms with Crippen molar-refractivity contribution in [1.29, 1.82) is 0 Å². The number of methoxy groups -OCH3 is 1. The SMILES string of the molecule is COc1cccc2c(C3=CCN(C(C)=O)CC3)c[nH]c12. The monoisotopic (exact) mass is 270 g/mol. The Kier molecular flexibility index (Phi) is 3.22. The maximum absolute atomic E-state index is 11.4. The first kappa shape index (κ1) is 12.8. The zero-order valence-electron chi connectivity index (χ0n) is 11.8. The zero-order valence-corrected chi connectivity index (χ0v) is 11.8. The summed E-state index contributed by atoms with van der Waals surface area (Å²) < 4.78 is 5.37. The third-order valence-electron chi connectivity index (χ3n) is 3.90. The minimum atomic E-state index is 0.140. The number of fused-ring (bicyclic) bond motifs is 1. The molecule has 0 unspecified atom stereocenters. The second-order valence-corrected chi connectivity index (χ2v) is 5.03. The molecule has 0 saturated heterocycles. The van der Waals surface area contributed by atoms with Gasteiger partial charge in [-0.2, -0.15) is 0 Å². The largest absolute Gasteiger partial charge is 0.495 e. The van der Waals surface area contributed by atoms with E-state index in [-0.39, 0.29) is 5.91 Å². The smallest absolute Gasteiger partial charge is 0.219 e. The number of hydrogen-bond acceptors (Lipinski definition) is 2. The standard InChI is InChI=1S/C16H18N2O2/c1-11(19)18-8-6-12(7-9-18)14-10-17-16-13(14)4-3-5-15(16)20-2/h3-6,10,17H,7-9H2,1-2H3. The molecule has 0 radical (unpaired) electrons. The lowest BCUT2D eigenvalue weighted by Gasteiger charge is -2.25. The number of aromatic amines is 1. The zero-order chi connectivity index (χ0) is 14.1. The fourth-order valence-corrected chi connectivity index (χ4v) is 2.76. The highest BCUT2D eigenvalue weighted by atomic mass is 16.5. The van der Waals surface area contributed by atoms with E-state index in [4.69, 9.17) is 4.74 Å². The summed E-state index contributed by atoms with van der Waals surface area (Å²) >= 11 is 0. The van der Waals surface area contributed by atoms with E-state index >= 15 is 0 Å². The number of rotatable bonds is 2. The Morgan fingerprint density at radius 1 is 1.40 bits per heavy atom. The van der Waals surface area contributed by atoms with E-state index in [0.29, 0.717) is 6.54 Å². The fourth-order valence-electron chi connectivity index (χ4n) is 2.76. The Hall–Kier alpha value is -2.23. The van der Waals surface area contributed by atoms with Crippen molar-refractivity contribution in [1.82, 2.24) is 9.88 Å². The van der Waals surface area contributed by atoms with Gasteiger partial charge in [0.2, 0.25) is 5.91 Å². The van der Waals surface area contributed by atoms with Gasteiger partial charge in [-0.3, -0.25) is 4.79 Å². The van der Waals surface area contributed by atoms with Crippen LogP contribution in [0.15, 0.2) is 30.5 Å². The summed E-state index contributed by atoms with van der Waals surface area (Å²) in [6, 6.07) is 6.06. The van der Waals surface area contributed by atoms with Crippen molar-refractivity contribution in [3.8, 4) is 5.75 Å². The second kappa shape index (κ2) is 5.04. The van der Waals surface area contributed by atoms with Crippen LogP contribution in [0.1, 0.15) is 18.9 Å². The average molecular weight is 270 g/mol. The van der Waals surface area contributed by atoms with Crippen molar-refractivity contribution in [3.05, 3.63) is 36.0 Å². The van der Waals surface area contributed by atoms with Crippen molar-refractivity contribution < 1.29 is 9.53 Å². The molecule has 1 aromatic carbocycles. The lowest BCUT2D eigenvalue weighted by Crippen LogP contribution is -2.32. The maximum atomic E-state index is 11.4. The van der Waals surface area contributed by atoms with Crippen LogP contribution >= 0.6 is 0 Å². The van der Waals surface area contributed by atoms with Crippen LogP contribution in [0.2, 0.25) is 0 Å². The van der Waals surface area contributed by atoms with Gasteiger partial charge in [0, 0.05) is 37.2 Å². The molecule has 1 aliphatic rings. The molecule has 2 aromatic rings. The van der Waals surface area contributed by atoms with Gasteiger partial charge in [0.05, 0.1) is 12.6 Å². The number of hydrogen-bond donors (Lipinski definition) is 1. The molecule has 104 valence electrons. The number of benzene rings is 1. The van der Waals surface area contributed by atoms with Crippen LogP contribution in [0.4, 0.5) is 0 Å². The van der Waals surface area contributed by atoms with Crippen LogP contribution in [0.5, 0.6) is 5.75 Å². The molecule has 4 heteroatoms. The van der Waals surface area contributed by atoms with Crippen LogP contribution in [0.3, 0.4) is 0 Å². The summed E-state index contributed by atoms with van der Waals surface area (Å²) in [6.45, 7) is 3.11. The molecular weight excluding hydrogens is 252 g/mol. The van der Waals surface area contributed by atoms with Crippen LogP contribution in [-0.2, 0) is 4.79 Å². The molecule has 1 aliphatic heterocycles. The maximum Gasteiger partial charge on any atom is 0.219 e.